The van der Waals surface area contributed by atoms with Gasteiger partial charge >= 0.3 is 0 Å². The van der Waals surface area contributed by atoms with Gasteiger partial charge in [-0.3, -0.25) is 9.48 Å². The van der Waals surface area contributed by atoms with E-state index in [2.05, 4.69) is 26.3 Å². The third-order valence-corrected chi connectivity index (χ3v) is 2.83. The molecule has 0 unspecified atom stereocenters. The first-order valence-electron chi connectivity index (χ1n) is 5.85. The van der Waals surface area contributed by atoms with E-state index in [-0.39, 0.29) is 18.3 Å². The highest BCUT2D eigenvalue weighted by molar-refractivity contribution is 9.10. The quantitative estimate of drug-likeness (QED) is 0.786. The SMILES string of the molecule is O=C(NCCCO)c1ccc(Cn2cc(Br)cn2)o1. The van der Waals surface area contributed by atoms with Crippen molar-refractivity contribution in [3.05, 3.63) is 40.5 Å². The first-order chi connectivity index (χ1) is 9.19. The number of halogens is 1. The number of rotatable bonds is 6. The Morgan fingerprint density at radius 1 is 1.53 bits per heavy atom. The Morgan fingerprint density at radius 3 is 3.05 bits per heavy atom. The van der Waals surface area contributed by atoms with Gasteiger partial charge in [0.2, 0.25) is 0 Å². The smallest absolute Gasteiger partial charge is 0.286 e. The van der Waals surface area contributed by atoms with E-state index >= 15 is 0 Å². The molecule has 2 N–H and O–H groups in total. The highest BCUT2D eigenvalue weighted by Crippen LogP contribution is 2.12. The van der Waals surface area contributed by atoms with E-state index < -0.39 is 0 Å². The fourth-order valence-corrected chi connectivity index (χ4v) is 1.87. The van der Waals surface area contributed by atoms with Gasteiger partial charge in [0.25, 0.3) is 5.91 Å². The summed E-state index contributed by atoms with van der Waals surface area (Å²) >= 11 is 3.31. The van der Waals surface area contributed by atoms with Crippen LogP contribution in [0.3, 0.4) is 0 Å². The highest BCUT2D eigenvalue weighted by Gasteiger charge is 2.11. The maximum Gasteiger partial charge on any atom is 0.286 e. The van der Waals surface area contributed by atoms with E-state index in [9.17, 15) is 4.79 Å². The zero-order valence-electron chi connectivity index (χ0n) is 10.2. The molecule has 0 saturated carbocycles. The van der Waals surface area contributed by atoms with Gasteiger partial charge < -0.3 is 14.8 Å². The number of furan rings is 1. The van der Waals surface area contributed by atoms with Gasteiger partial charge in [0.1, 0.15) is 5.76 Å². The molecule has 0 saturated heterocycles. The van der Waals surface area contributed by atoms with Gasteiger partial charge in [-0.1, -0.05) is 0 Å². The number of carbonyl (C=O) groups is 1. The van der Waals surface area contributed by atoms with Crippen LogP contribution in [0.4, 0.5) is 0 Å². The van der Waals surface area contributed by atoms with Crippen LogP contribution in [0.5, 0.6) is 0 Å². The fraction of sp³-hybridized carbons (Fsp3) is 0.333. The van der Waals surface area contributed by atoms with Gasteiger partial charge in [-0.2, -0.15) is 5.10 Å². The Labute approximate surface area is 118 Å². The van der Waals surface area contributed by atoms with Crippen molar-refractivity contribution in [2.75, 3.05) is 13.2 Å². The van der Waals surface area contributed by atoms with Gasteiger partial charge in [0.05, 0.1) is 17.2 Å². The summed E-state index contributed by atoms with van der Waals surface area (Å²) in [5.41, 5.74) is 0. The lowest BCUT2D eigenvalue weighted by Gasteiger charge is -2.01. The molecule has 0 radical (unpaired) electrons. The van der Waals surface area contributed by atoms with Crippen LogP contribution >= 0.6 is 15.9 Å². The van der Waals surface area contributed by atoms with Crippen molar-refractivity contribution in [1.29, 1.82) is 0 Å². The van der Waals surface area contributed by atoms with Crippen LogP contribution in [0.1, 0.15) is 22.7 Å². The second-order valence-electron chi connectivity index (χ2n) is 3.96. The van der Waals surface area contributed by atoms with Gasteiger partial charge in [0, 0.05) is 19.3 Å². The standard InChI is InChI=1S/C12H14BrN3O3/c13-9-6-15-16(7-9)8-10-2-3-11(19-10)12(18)14-4-1-5-17/h2-3,6-7,17H,1,4-5,8H2,(H,14,18). The summed E-state index contributed by atoms with van der Waals surface area (Å²) < 4.78 is 8.03. The number of nitrogens with one attached hydrogen (secondary N) is 1. The molecule has 0 aliphatic carbocycles. The molecule has 0 aliphatic heterocycles. The molecule has 0 aromatic carbocycles. The number of aliphatic hydroxyl groups is 1. The van der Waals surface area contributed by atoms with E-state index in [0.29, 0.717) is 25.3 Å². The lowest BCUT2D eigenvalue weighted by atomic mass is 10.4. The van der Waals surface area contributed by atoms with E-state index in [1.807, 2.05) is 6.20 Å². The molecule has 0 fully saturated rings. The molecule has 2 aromatic heterocycles. The predicted molar refractivity (Wildman–Crippen MR) is 71.8 cm³/mol. The number of amides is 1. The number of nitrogens with zero attached hydrogens (tertiary/aromatic N) is 2. The lowest BCUT2D eigenvalue weighted by Crippen LogP contribution is -2.24. The summed E-state index contributed by atoms with van der Waals surface area (Å²) in [7, 11) is 0. The van der Waals surface area contributed by atoms with E-state index in [1.165, 1.54) is 0 Å². The number of aromatic nitrogens is 2. The second kappa shape index (κ2) is 6.53. The Morgan fingerprint density at radius 2 is 2.37 bits per heavy atom. The van der Waals surface area contributed by atoms with Gasteiger partial charge in [0.15, 0.2) is 5.76 Å². The van der Waals surface area contributed by atoms with Gasteiger partial charge in [-0.05, 0) is 34.5 Å². The zero-order chi connectivity index (χ0) is 13.7. The summed E-state index contributed by atoms with van der Waals surface area (Å²) in [6.07, 6.45) is 4.04. The largest absolute Gasteiger partial charge is 0.454 e. The van der Waals surface area contributed by atoms with Crippen LogP contribution in [0, 0.1) is 0 Å². The maximum absolute atomic E-state index is 11.7. The normalized spacial score (nSPS) is 10.6. The molecule has 102 valence electrons. The number of carbonyl (C=O) groups excluding carboxylic acids is 1. The number of hydrogen-bond acceptors (Lipinski definition) is 4. The Hall–Kier alpha value is -1.60. The molecule has 2 aromatic rings. The zero-order valence-corrected chi connectivity index (χ0v) is 11.8. The average molecular weight is 328 g/mol. The minimum atomic E-state index is -0.277. The van der Waals surface area contributed by atoms with Crippen LogP contribution in [-0.2, 0) is 6.54 Å². The van der Waals surface area contributed by atoms with Crippen molar-refractivity contribution in [3.8, 4) is 0 Å². The predicted octanol–water partition coefficient (Wildman–Crippen LogP) is 1.40. The molecule has 0 atom stereocenters. The molecule has 0 bridgehead atoms. The third kappa shape index (κ3) is 3.93. The summed E-state index contributed by atoms with van der Waals surface area (Å²) in [4.78, 5) is 11.7. The molecular formula is C12H14BrN3O3. The maximum atomic E-state index is 11.7. The molecule has 1 amide bonds. The van der Waals surface area contributed by atoms with Crippen molar-refractivity contribution in [3.63, 3.8) is 0 Å². The number of hydrogen-bond donors (Lipinski definition) is 2. The monoisotopic (exact) mass is 327 g/mol. The van der Waals surface area contributed by atoms with Gasteiger partial charge in [-0.15, -0.1) is 0 Å². The van der Waals surface area contributed by atoms with Crippen LogP contribution in [0.15, 0.2) is 33.4 Å². The van der Waals surface area contributed by atoms with Crippen molar-refractivity contribution in [1.82, 2.24) is 15.1 Å². The molecule has 6 nitrogen and oxygen atoms in total. The Bertz CT molecular complexity index is 550. The van der Waals surface area contributed by atoms with E-state index in [0.717, 1.165) is 4.47 Å². The highest BCUT2D eigenvalue weighted by atomic mass is 79.9. The van der Waals surface area contributed by atoms with E-state index in [4.69, 9.17) is 9.52 Å². The molecular weight excluding hydrogens is 314 g/mol. The Kier molecular flexibility index (Phi) is 4.75. The third-order valence-electron chi connectivity index (χ3n) is 2.43. The second-order valence-corrected chi connectivity index (χ2v) is 4.87. The van der Waals surface area contributed by atoms with Crippen molar-refractivity contribution in [2.45, 2.75) is 13.0 Å². The summed E-state index contributed by atoms with van der Waals surface area (Å²) in [5, 5.41) is 15.4. The van der Waals surface area contributed by atoms with Crippen LogP contribution in [-0.4, -0.2) is 33.9 Å². The molecule has 0 spiro atoms. The molecule has 2 heterocycles. The van der Waals surface area contributed by atoms with Crippen molar-refractivity contribution < 1.29 is 14.3 Å². The van der Waals surface area contributed by atoms with Crippen LogP contribution < -0.4 is 5.32 Å². The summed E-state index contributed by atoms with van der Waals surface area (Å²) in [6.45, 7) is 0.949. The summed E-state index contributed by atoms with van der Waals surface area (Å²) in [6, 6.07) is 3.37. The molecule has 2 rings (SSSR count). The van der Waals surface area contributed by atoms with Crippen molar-refractivity contribution >= 4 is 21.8 Å². The fourth-order valence-electron chi connectivity index (χ4n) is 1.54. The minimum absolute atomic E-state index is 0.0534. The van der Waals surface area contributed by atoms with E-state index in [1.54, 1.807) is 23.0 Å². The number of aliphatic hydroxyl groups excluding tert-OH is 1. The topological polar surface area (TPSA) is 80.3 Å². The molecule has 7 heteroatoms. The Balaban J connectivity index is 1.93. The summed E-state index contributed by atoms with van der Waals surface area (Å²) in [5.74, 6) is 0.642. The van der Waals surface area contributed by atoms with Crippen LogP contribution in [0.2, 0.25) is 0 Å². The van der Waals surface area contributed by atoms with Crippen molar-refractivity contribution in [2.24, 2.45) is 0 Å². The first kappa shape index (κ1) is 13.8. The lowest BCUT2D eigenvalue weighted by molar-refractivity contribution is 0.0921. The molecule has 19 heavy (non-hydrogen) atoms. The minimum Gasteiger partial charge on any atom is -0.454 e. The molecule has 0 aliphatic rings. The van der Waals surface area contributed by atoms with Gasteiger partial charge in [-0.25, -0.2) is 0 Å². The average Bonchev–Trinajstić information content (AvgIpc) is 3.00. The first-order valence-corrected chi connectivity index (χ1v) is 6.64. The van der Waals surface area contributed by atoms with Crippen LogP contribution in [0.25, 0.3) is 0 Å².